The number of rotatable bonds is 7. The van der Waals surface area contributed by atoms with Gasteiger partial charge in [-0.25, -0.2) is 0 Å². The number of hydrogen-bond acceptors (Lipinski definition) is 4. The third kappa shape index (κ3) is 7.55. The maximum absolute atomic E-state index is 8.71. The third-order valence-electron chi connectivity index (χ3n) is 1.72. The zero-order valence-corrected chi connectivity index (χ0v) is 8.03. The van der Waals surface area contributed by atoms with E-state index in [9.17, 15) is 0 Å². The Labute approximate surface area is 78.6 Å². The molecule has 0 aliphatic heterocycles. The Morgan fingerprint density at radius 3 is 2.85 bits per heavy atom. The summed E-state index contributed by atoms with van der Waals surface area (Å²) in [5, 5.41) is 23.0. The second-order valence-corrected chi connectivity index (χ2v) is 3.19. The molecule has 0 bridgehead atoms. The third-order valence-corrected chi connectivity index (χ3v) is 1.72. The highest BCUT2D eigenvalue weighted by Crippen LogP contribution is 1.90. The van der Waals surface area contributed by atoms with Crippen LogP contribution >= 0.6 is 0 Å². The minimum Gasteiger partial charge on any atom is -0.409 e. The molecule has 0 spiro atoms. The largest absolute Gasteiger partial charge is 0.409 e. The fourth-order valence-corrected chi connectivity index (χ4v) is 0.858. The SMILES string of the molecule is CC(CO)CNCCCC(N)=NO. The molecule has 78 valence electrons. The van der Waals surface area contributed by atoms with Crippen LogP contribution in [-0.2, 0) is 0 Å². The van der Waals surface area contributed by atoms with Crippen molar-refractivity contribution in [1.82, 2.24) is 5.32 Å². The molecule has 0 fully saturated rings. The zero-order valence-electron chi connectivity index (χ0n) is 8.03. The van der Waals surface area contributed by atoms with E-state index in [1.165, 1.54) is 0 Å². The number of oxime groups is 1. The van der Waals surface area contributed by atoms with E-state index in [2.05, 4.69) is 10.5 Å². The molecule has 0 heterocycles. The molecular formula is C8H19N3O2. The predicted molar refractivity (Wildman–Crippen MR) is 51.8 cm³/mol. The van der Waals surface area contributed by atoms with Crippen LogP contribution in [0.25, 0.3) is 0 Å². The summed E-state index contributed by atoms with van der Waals surface area (Å²) < 4.78 is 0. The van der Waals surface area contributed by atoms with Gasteiger partial charge in [0, 0.05) is 13.0 Å². The minimum atomic E-state index is 0.202. The van der Waals surface area contributed by atoms with Crippen molar-refractivity contribution >= 4 is 5.84 Å². The molecule has 0 radical (unpaired) electrons. The normalized spacial score (nSPS) is 14.5. The maximum atomic E-state index is 8.71. The van der Waals surface area contributed by atoms with E-state index in [1.807, 2.05) is 6.92 Å². The molecule has 0 saturated heterocycles. The summed E-state index contributed by atoms with van der Waals surface area (Å²) in [6.07, 6.45) is 1.44. The van der Waals surface area contributed by atoms with Crippen LogP contribution in [0.1, 0.15) is 19.8 Å². The summed E-state index contributed by atoms with van der Waals surface area (Å²) in [4.78, 5) is 0. The van der Waals surface area contributed by atoms with Crippen LogP contribution in [0.15, 0.2) is 5.16 Å². The second kappa shape index (κ2) is 7.82. The van der Waals surface area contributed by atoms with Crippen molar-refractivity contribution in [3.05, 3.63) is 0 Å². The Hall–Kier alpha value is -0.810. The number of amidine groups is 1. The molecule has 5 N–H and O–H groups in total. The van der Waals surface area contributed by atoms with Gasteiger partial charge in [-0.2, -0.15) is 0 Å². The summed E-state index contributed by atoms with van der Waals surface area (Å²) in [6, 6.07) is 0. The zero-order chi connectivity index (χ0) is 10.1. The highest BCUT2D eigenvalue weighted by atomic mass is 16.4. The number of hydrogen-bond donors (Lipinski definition) is 4. The van der Waals surface area contributed by atoms with Gasteiger partial charge in [0.15, 0.2) is 0 Å². The number of aliphatic hydroxyl groups excluding tert-OH is 1. The van der Waals surface area contributed by atoms with Crippen molar-refractivity contribution in [1.29, 1.82) is 0 Å². The highest BCUT2D eigenvalue weighted by molar-refractivity contribution is 5.79. The average Bonchev–Trinajstić information content (AvgIpc) is 2.16. The lowest BCUT2D eigenvalue weighted by Crippen LogP contribution is -2.25. The fraction of sp³-hybridized carbons (Fsp3) is 0.875. The molecule has 0 aromatic heterocycles. The molecule has 1 atom stereocenters. The first-order valence-corrected chi connectivity index (χ1v) is 4.48. The van der Waals surface area contributed by atoms with E-state index in [0.29, 0.717) is 6.42 Å². The molecule has 0 aliphatic carbocycles. The molecule has 0 saturated carbocycles. The van der Waals surface area contributed by atoms with Crippen LogP contribution < -0.4 is 11.1 Å². The van der Waals surface area contributed by atoms with E-state index in [-0.39, 0.29) is 18.4 Å². The van der Waals surface area contributed by atoms with Crippen molar-refractivity contribution < 1.29 is 10.3 Å². The topological polar surface area (TPSA) is 90.9 Å². The quantitative estimate of drug-likeness (QED) is 0.146. The van der Waals surface area contributed by atoms with Gasteiger partial charge in [0.1, 0.15) is 5.84 Å². The molecule has 5 nitrogen and oxygen atoms in total. The van der Waals surface area contributed by atoms with Gasteiger partial charge in [-0.3, -0.25) is 0 Å². The molecule has 1 unspecified atom stereocenters. The monoisotopic (exact) mass is 189 g/mol. The van der Waals surface area contributed by atoms with Crippen LogP contribution in [0.3, 0.4) is 0 Å². The van der Waals surface area contributed by atoms with Crippen molar-refractivity contribution in [3.63, 3.8) is 0 Å². The van der Waals surface area contributed by atoms with E-state index in [0.717, 1.165) is 19.5 Å². The molecule has 5 heteroatoms. The minimum absolute atomic E-state index is 0.202. The fourth-order valence-electron chi connectivity index (χ4n) is 0.858. The summed E-state index contributed by atoms with van der Waals surface area (Å²) in [6.45, 7) is 3.79. The number of aliphatic hydroxyl groups is 1. The van der Waals surface area contributed by atoms with Crippen molar-refractivity contribution in [2.24, 2.45) is 16.8 Å². The number of nitrogens with zero attached hydrogens (tertiary/aromatic N) is 1. The van der Waals surface area contributed by atoms with Gasteiger partial charge in [0.25, 0.3) is 0 Å². The Morgan fingerprint density at radius 2 is 2.31 bits per heavy atom. The van der Waals surface area contributed by atoms with Gasteiger partial charge < -0.3 is 21.4 Å². The van der Waals surface area contributed by atoms with E-state index in [4.69, 9.17) is 16.0 Å². The van der Waals surface area contributed by atoms with E-state index < -0.39 is 0 Å². The van der Waals surface area contributed by atoms with E-state index in [1.54, 1.807) is 0 Å². The van der Waals surface area contributed by atoms with Crippen LogP contribution in [0.4, 0.5) is 0 Å². The van der Waals surface area contributed by atoms with E-state index >= 15 is 0 Å². The van der Waals surface area contributed by atoms with Crippen LogP contribution in [0, 0.1) is 5.92 Å². The highest BCUT2D eigenvalue weighted by Gasteiger charge is 1.98. The van der Waals surface area contributed by atoms with Gasteiger partial charge >= 0.3 is 0 Å². The first kappa shape index (κ1) is 12.2. The van der Waals surface area contributed by atoms with Crippen LogP contribution in [-0.4, -0.2) is 35.8 Å². The smallest absolute Gasteiger partial charge is 0.139 e. The summed E-state index contributed by atoms with van der Waals surface area (Å²) in [5.74, 6) is 0.542. The van der Waals surface area contributed by atoms with Gasteiger partial charge in [-0.15, -0.1) is 0 Å². The lowest BCUT2D eigenvalue weighted by Gasteiger charge is -2.08. The Morgan fingerprint density at radius 1 is 1.62 bits per heavy atom. The molecule has 0 aliphatic rings. The summed E-state index contributed by atoms with van der Waals surface area (Å²) in [5.41, 5.74) is 5.27. The van der Waals surface area contributed by atoms with Gasteiger partial charge in [0.2, 0.25) is 0 Å². The second-order valence-electron chi connectivity index (χ2n) is 3.19. The van der Waals surface area contributed by atoms with Crippen LogP contribution in [0.2, 0.25) is 0 Å². The molecule has 0 aromatic rings. The van der Waals surface area contributed by atoms with Gasteiger partial charge in [-0.05, 0) is 25.4 Å². The molecule has 0 aromatic carbocycles. The molecule has 0 rings (SSSR count). The lowest BCUT2D eigenvalue weighted by atomic mass is 10.2. The van der Waals surface area contributed by atoms with Crippen molar-refractivity contribution in [2.75, 3.05) is 19.7 Å². The van der Waals surface area contributed by atoms with Gasteiger partial charge in [-0.1, -0.05) is 12.1 Å². The first-order chi connectivity index (χ1) is 6.20. The van der Waals surface area contributed by atoms with Crippen LogP contribution in [0.5, 0.6) is 0 Å². The molecular weight excluding hydrogens is 170 g/mol. The average molecular weight is 189 g/mol. The number of nitrogens with one attached hydrogen (secondary N) is 1. The number of nitrogens with two attached hydrogens (primary N) is 1. The molecule has 0 amide bonds. The Bertz CT molecular complexity index is 150. The molecule has 13 heavy (non-hydrogen) atoms. The maximum Gasteiger partial charge on any atom is 0.139 e. The Balaban J connectivity index is 3.17. The summed E-state index contributed by atoms with van der Waals surface area (Å²) >= 11 is 0. The van der Waals surface area contributed by atoms with Crippen molar-refractivity contribution in [2.45, 2.75) is 19.8 Å². The van der Waals surface area contributed by atoms with Gasteiger partial charge in [0.05, 0.1) is 0 Å². The Kier molecular flexibility index (Phi) is 7.33. The van der Waals surface area contributed by atoms with Crippen molar-refractivity contribution in [3.8, 4) is 0 Å². The first-order valence-electron chi connectivity index (χ1n) is 4.48. The summed E-state index contributed by atoms with van der Waals surface area (Å²) in [7, 11) is 0. The standard InChI is InChI=1S/C8H19N3O2/c1-7(6-12)5-10-4-2-3-8(9)11-13/h7,10,12-13H,2-6H2,1H3,(H2,9,11). The lowest BCUT2D eigenvalue weighted by molar-refractivity contribution is 0.234. The predicted octanol–water partition coefficient (Wildman–Crippen LogP) is -0.269.